The van der Waals surface area contributed by atoms with Gasteiger partial charge in [-0.1, -0.05) is 42.5 Å². The van der Waals surface area contributed by atoms with E-state index < -0.39 is 0 Å². The van der Waals surface area contributed by atoms with E-state index in [0.717, 1.165) is 36.7 Å². The van der Waals surface area contributed by atoms with Gasteiger partial charge in [-0.3, -0.25) is 9.69 Å². The van der Waals surface area contributed by atoms with Crippen LogP contribution in [0.15, 0.2) is 60.9 Å². The second-order valence-electron chi connectivity index (χ2n) is 7.60. The van der Waals surface area contributed by atoms with Crippen LogP contribution >= 0.6 is 0 Å². The first-order chi connectivity index (χ1) is 13.3. The number of hydrogen-bond donors (Lipinski definition) is 0. The summed E-state index contributed by atoms with van der Waals surface area (Å²) in [5.74, 6) is 0.169. The topological polar surface area (TPSA) is 41.4 Å². The number of rotatable bonds is 4. The van der Waals surface area contributed by atoms with Gasteiger partial charge in [-0.05, 0) is 30.5 Å². The number of piperazine rings is 1. The molecule has 2 aromatic carbocycles. The molecule has 27 heavy (non-hydrogen) atoms. The Bertz CT molecular complexity index is 947. The average molecular weight is 360 g/mol. The Morgan fingerprint density at radius 3 is 2.59 bits per heavy atom. The van der Waals surface area contributed by atoms with E-state index in [4.69, 9.17) is 0 Å². The van der Waals surface area contributed by atoms with Crippen molar-refractivity contribution in [1.82, 2.24) is 19.4 Å². The van der Waals surface area contributed by atoms with Crippen molar-refractivity contribution in [2.45, 2.75) is 31.5 Å². The number of carbonyl (C=O) groups excluding carboxylic acids is 1. The Labute approximate surface area is 159 Å². The number of benzene rings is 2. The maximum atomic E-state index is 13.2. The molecule has 0 N–H and O–H groups in total. The van der Waals surface area contributed by atoms with Crippen LogP contribution in [0.25, 0.3) is 11.0 Å². The first-order valence-corrected chi connectivity index (χ1v) is 9.78. The molecule has 0 radical (unpaired) electrons. The van der Waals surface area contributed by atoms with Crippen molar-refractivity contribution in [2.75, 3.05) is 19.6 Å². The van der Waals surface area contributed by atoms with Crippen molar-refractivity contribution in [3.8, 4) is 0 Å². The van der Waals surface area contributed by atoms with Gasteiger partial charge in [0.15, 0.2) is 0 Å². The van der Waals surface area contributed by atoms with E-state index in [-0.39, 0.29) is 11.9 Å². The van der Waals surface area contributed by atoms with Crippen LogP contribution < -0.4 is 0 Å². The molecule has 5 rings (SSSR count). The molecule has 1 unspecified atom stereocenters. The number of aromatic nitrogens is 2. The van der Waals surface area contributed by atoms with Gasteiger partial charge in [0.2, 0.25) is 5.91 Å². The number of fused-ring (bicyclic) bond motifs is 1. The van der Waals surface area contributed by atoms with Crippen LogP contribution in [0.1, 0.15) is 24.4 Å². The summed E-state index contributed by atoms with van der Waals surface area (Å²) in [6.07, 6.45) is 4.38. The summed E-state index contributed by atoms with van der Waals surface area (Å²) < 4.78 is 1.97. The van der Waals surface area contributed by atoms with Crippen molar-refractivity contribution in [3.63, 3.8) is 0 Å². The highest BCUT2D eigenvalue weighted by atomic mass is 16.2. The van der Waals surface area contributed by atoms with Crippen LogP contribution in [0.4, 0.5) is 0 Å². The zero-order valence-corrected chi connectivity index (χ0v) is 15.4. The largest absolute Gasteiger partial charge is 0.332 e. The van der Waals surface area contributed by atoms with Crippen molar-refractivity contribution in [1.29, 1.82) is 0 Å². The number of para-hydroxylation sites is 2. The minimum absolute atomic E-state index is 0.128. The smallest absolute Gasteiger partial charge is 0.243 e. The predicted octanol–water partition coefficient (Wildman–Crippen LogP) is 3.08. The van der Waals surface area contributed by atoms with Crippen LogP contribution in [-0.2, 0) is 11.3 Å². The van der Waals surface area contributed by atoms with Crippen LogP contribution in [0.3, 0.4) is 0 Å². The van der Waals surface area contributed by atoms with Gasteiger partial charge in [-0.25, -0.2) is 4.98 Å². The van der Waals surface area contributed by atoms with Crippen molar-refractivity contribution < 1.29 is 4.79 Å². The second kappa shape index (κ2) is 6.82. The maximum absolute atomic E-state index is 13.2. The summed E-state index contributed by atoms with van der Waals surface area (Å²) in [5, 5.41) is 0. The molecule has 1 aliphatic heterocycles. The second-order valence-corrected chi connectivity index (χ2v) is 7.60. The summed E-state index contributed by atoms with van der Waals surface area (Å²) in [6, 6.07) is 19.3. The van der Waals surface area contributed by atoms with Gasteiger partial charge in [0.1, 0.15) is 6.54 Å². The molecular formula is C22H24N4O. The number of carbonyl (C=O) groups is 1. The van der Waals surface area contributed by atoms with E-state index in [1.54, 1.807) is 6.33 Å². The molecular weight excluding hydrogens is 336 g/mol. The minimum Gasteiger partial charge on any atom is -0.332 e. The number of imidazole rings is 1. The number of amides is 1. The lowest BCUT2D eigenvalue weighted by atomic mass is 10.0. The number of nitrogens with zero attached hydrogens (tertiary/aromatic N) is 4. The Hall–Kier alpha value is -2.66. The summed E-state index contributed by atoms with van der Waals surface area (Å²) in [7, 11) is 0. The van der Waals surface area contributed by atoms with Gasteiger partial charge in [0, 0.05) is 25.7 Å². The third-order valence-corrected chi connectivity index (χ3v) is 5.81. The Balaban J connectivity index is 1.40. The van der Waals surface area contributed by atoms with Gasteiger partial charge >= 0.3 is 0 Å². The SMILES string of the molecule is O=C(Cn1cnc2ccccc21)N1CCN(C2CC2)CC1c1ccccc1. The molecule has 2 fully saturated rings. The van der Waals surface area contributed by atoms with Gasteiger partial charge < -0.3 is 9.47 Å². The van der Waals surface area contributed by atoms with Crippen molar-refractivity contribution in [2.24, 2.45) is 0 Å². The van der Waals surface area contributed by atoms with E-state index in [9.17, 15) is 4.79 Å². The van der Waals surface area contributed by atoms with Crippen LogP contribution in [0.2, 0.25) is 0 Å². The predicted molar refractivity (Wildman–Crippen MR) is 105 cm³/mol. The van der Waals surface area contributed by atoms with Crippen LogP contribution in [-0.4, -0.2) is 50.9 Å². The summed E-state index contributed by atoms with van der Waals surface area (Å²) in [6.45, 7) is 3.05. The van der Waals surface area contributed by atoms with Crippen LogP contribution in [0.5, 0.6) is 0 Å². The lowest BCUT2D eigenvalue weighted by molar-refractivity contribution is -0.137. The molecule has 1 aliphatic carbocycles. The first kappa shape index (κ1) is 16.5. The lowest BCUT2D eigenvalue weighted by Gasteiger charge is -2.42. The molecule has 1 aromatic heterocycles. The van der Waals surface area contributed by atoms with E-state index in [2.05, 4.69) is 39.0 Å². The zero-order chi connectivity index (χ0) is 18.2. The summed E-state index contributed by atoms with van der Waals surface area (Å²) >= 11 is 0. The van der Waals surface area contributed by atoms with Gasteiger partial charge in [-0.2, -0.15) is 0 Å². The molecule has 0 bridgehead atoms. The maximum Gasteiger partial charge on any atom is 0.243 e. The van der Waals surface area contributed by atoms with Crippen molar-refractivity contribution in [3.05, 3.63) is 66.5 Å². The van der Waals surface area contributed by atoms with E-state index >= 15 is 0 Å². The van der Waals surface area contributed by atoms with Crippen LogP contribution in [0, 0.1) is 0 Å². The minimum atomic E-state index is 0.128. The Morgan fingerprint density at radius 1 is 1.00 bits per heavy atom. The molecule has 1 atom stereocenters. The highest BCUT2D eigenvalue weighted by molar-refractivity contribution is 5.81. The summed E-state index contributed by atoms with van der Waals surface area (Å²) in [5.41, 5.74) is 3.17. The molecule has 1 saturated carbocycles. The average Bonchev–Trinajstić information content (AvgIpc) is 3.50. The lowest BCUT2D eigenvalue weighted by Crippen LogP contribution is -2.52. The first-order valence-electron chi connectivity index (χ1n) is 9.78. The Morgan fingerprint density at radius 2 is 1.78 bits per heavy atom. The van der Waals surface area contributed by atoms with E-state index in [0.29, 0.717) is 6.54 Å². The third kappa shape index (κ3) is 3.23. The normalized spacial score (nSPS) is 20.9. The highest BCUT2D eigenvalue weighted by Crippen LogP contribution is 2.33. The fourth-order valence-corrected chi connectivity index (χ4v) is 4.21. The van der Waals surface area contributed by atoms with Crippen molar-refractivity contribution >= 4 is 16.9 Å². The summed E-state index contributed by atoms with van der Waals surface area (Å²) in [4.78, 5) is 22.3. The zero-order valence-electron chi connectivity index (χ0n) is 15.4. The fourth-order valence-electron chi connectivity index (χ4n) is 4.21. The third-order valence-electron chi connectivity index (χ3n) is 5.81. The number of hydrogen-bond acceptors (Lipinski definition) is 3. The highest BCUT2D eigenvalue weighted by Gasteiger charge is 2.37. The molecule has 5 heteroatoms. The molecule has 138 valence electrons. The molecule has 1 saturated heterocycles. The Kier molecular flexibility index (Phi) is 4.17. The van der Waals surface area contributed by atoms with Gasteiger partial charge in [-0.15, -0.1) is 0 Å². The fraction of sp³-hybridized carbons (Fsp3) is 0.364. The van der Waals surface area contributed by atoms with E-state index in [1.807, 2.05) is 34.9 Å². The van der Waals surface area contributed by atoms with Gasteiger partial charge in [0.25, 0.3) is 0 Å². The molecule has 2 heterocycles. The molecule has 2 aliphatic rings. The monoisotopic (exact) mass is 360 g/mol. The van der Waals surface area contributed by atoms with Gasteiger partial charge in [0.05, 0.1) is 23.4 Å². The molecule has 5 nitrogen and oxygen atoms in total. The quantitative estimate of drug-likeness (QED) is 0.718. The van der Waals surface area contributed by atoms with E-state index in [1.165, 1.54) is 18.4 Å². The molecule has 1 amide bonds. The molecule has 0 spiro atoms. The molecule has 3 aromatic rings. The standard InChI is InChI=1S/C22H24N4O/c27-22(15-25-16-23-19-8-4-5-9-20(19)25)26-13-12-24(18-10-11-18)14-21(26)17-6-2-1-3-7-17/h1-9,16,18,21H,10-15H2.